The molecule has 2 aromatic heterocycles. The van der Waals surface area contributed by atoms with Gasteiger partial charge in [-0.2, -0.15) is 14.4 Å². The van der Waals surface area contributed by atoms with Crippen LogP contribution >= 0.6 is 37.5 Å². The molecule has 4 fully saturated rings. The summed E-state index contributed by atoms with van der Waals surface area (Å²) < 4.78 is 38.8. The third-order valence-corrected chi connectivity index (χ3v) is 19.0. The molecule has 3 saturated heterocycles. The van der Waals surface area contributed by atoms with E-state index in [1.165, 1.54) is 82.8 Å². The fourth-order valence-electron chi connectivity index (χ4n) is 10.7. The second-order valence-corrected chi connectivity index (χ2v) is 29.5. The molecule has 89 heavy (non-hydrogen) atoms. The van der Waals surface area contributed by atoms with Gasteiger partial charge in [0.25, 0.3) is 12.2 Å². The zero-order valence-electron chi connectivity index (χ0n) is 52.6. The number of nitro groups is 2. The SMILES string of the molecule is CN1CCN(C2CCCCC2)CC1.CN1CCN(C2CCN(c3ccc(Nc4ncc(Cl)c(Nc5ccccc5P(C)(C)=O)n4)cc3[N+](=O)[O-])CC2)CC1.CP(C)(=O)c1ccccc1Nc1nc(Nc2ccc(F)c([N+](=O)[O-])c2)ncc1Cl.O=CO[O-].[H-].[K+].[K+]. The van der Waals surface area contributed by atoms with Gasteiger partial charge in [-0.3, -0.25) is 34.8 Å². The van der Waals surface area contributed by atoms with Crippen molar-refractivity contribution >= 4 is 118 Å². The Morgan fingerprint density at radius 3 is 1.43 bits per heavy atom. The second-order valence-electron chi connectivity index (χ2n) is 22.3. The molecule has 3 aliphatic heterocycles. The van der Waals surface area contributed by atoms with Gasteiger partial charge in [-0.1, -0.05) is 66.7 Å². The fraction of sp³-hybridized carbons (Fsp3) is 0.431. The van der Waals surface area contributed by atoms with Crippen molar-refractivity contribution in [3.05, 3.63) is 133 Å². The molecule has 6 aromatic rings. The first-order valence-electron chi connectivity index (χ1n) is 28.5. The first-order valence-corrected chi connectivity index (χ1v) is 34.4. The third kappa shape index (κ3) is 23.1. The van der Waals surface area contributed by atoms with Gasteiger partial charge in [0, 0.05) is 112 Å². The van der Waals surface area contributed by atoms with E-state index >= 15 is 0 Å². The summed E-state index contributed by atoms with van der Waals surface area (Å²) >= 11 is 12.6. The molecule has 0 unspecified atom stereocenters. The van der Waals surface area contributed by atoms with Gasteiger partial charge >= 0.3 is 108 Å². The van der Waals surface area contributed by atoms with Gasteiger partial charge < -0.3 is 56.7 Å². The van der Waals surface area contributed by atoms with E-state index in [1.54, 1.807) is 63.1 Å². The molecule has 10 rings (SSSR count). The van der Waals surface area contributed by atoms with E-state index in [0.29, 0.717) is 45.2 Å². The number of likely N-dealkylation sites (N-methyl/N-ethyl adjacent to an activating group) is 2. The number of piperidine rings is 1. The Labute approximate surface area is 615 Å². The van der Waals surface area contributed by atoms with Gasteiger partial charge in [-0.25, -0.2) is 9.97 Å². The average Bonchev–Trinajstić information content (AvgIpc) is 1.20. The van der Waals surface area contributed by atoms with Crippen LogP contribution in [0, 0.1) is 26.0 Å². The number of benzene rings is 4. The summed E-state index contributed by atoms with van der Waals surface area (Å²) in [4.78, 5) is 62.3. The smallest absolute Gasteiger partial charge is 1.00 e. The predicted molar refractivity (Wildman–Crippen MR) is 343 cm³/mol. The Bertz CT molecular complexity index is 3420. The van der Waals surface area contributed by atoms with Gasteiger partial charge in [0.2, 0.25) is 17.7 Å². The van der Waals surface area contributed by atoms with Gasteiger partial charge in [-0.05, 0) is 115 Å². The Morgan fingerprint density at radius 1 is 0.607 bits per heavy atom. The van der Waals surface area contributed by atoms with Crippen LogP contribution < -0.4 is 145 Å². The van der Waals surface area contributed by atoms with Gasteiger partial charge in [0.05, 0.1) is 33.6 Å². The van der Waals surface area contributed by atoms with Crippen LogP contribution in [0.25, 0.3) is 0 Å². The van der Waals surface area contributed by atoms with Crippen molar-refractivity contribution < 1.29 is 143 Å². The van der Waals surface area contributed by atoms with Crippen molar-refractivity contribution in [2.45, 2.75) is 57.0 Å². The Morgan fingerprint density at radius 2 is 1.01 bits per heavy atom. The standard InChI is InChI=1S/C28H36ClN8O3P.C18H16ClFN5O3P.C11H22N2.CH2O3.2K.H/c1-34-14-16-35(17-15-34)21-10-12-36(13-11-21)24-9-8-20(18-25(24)37(38)39)31-28-30-19-22(29)27(33-28)32-23-6-4-5-7-26(23)41(2,3)40;1-29(2,28)16-6-4-3-5-14(16)23-17-12(19)10-21-18(24-17)22-11-7-8-13(20)15(9-11)25(26)27;1-12-7-9-13(10-8-12)11-5-3-2-4-6-11;2-1-4-3;;;/h4-9,18-19,21H,10-17H2,1-3H3,(H2,30,31,32,33);3-10H,1-2H3,(H2,21,22,23,24);11H,2-10H2,1H3;1,3H;;;/q;;;;2*+1;-1/p-1. The number of nitrogens with one attached hydrogen (secondary N) is 4. The van der Waals surface area contributed by atoms with Crippen molar-refractivity contribution in [1.82, 2.24) is 39.5 Å². The number of carbonyl (C=O) groups is 1. The number of halogens is 3. The minimum Gasteiger partial charge on any atom is -1.00 e. The van der Waals surface area contributed by atoms with Gasteiger partial charge in [0.1, 0.15) is 30.0 Å². The number of hydrogen-bond acceptors (Lipinski definition) is 22. The van der Waals surface area contributed by atoms with E-state index in [2.05, 4.69) is 84.7 Å². The molecule has 31 heteroatoms. The van der Waals surface area contributed by atoms with Crippen LogP contribution in [0.5, 0.6) is 0 Å². The summed E-state index contributed by atoms with van der Waals surface area (Å²) in [5.41, 5.74) is 1.95. The number of hydrogen-bond donors (Lipinski definition) is 4. The maximum absolute atomic E-state index is 13.5. The maximum atomic E-state index is 13.5. The van der Waals surface area contributed by atoms with Crippen LogP contribution in [-0.2, 0) is 18.8 Å². The molecule has 0 bridgehead atoms. The van der Waals surface area contributed by atoms with E-state index in [0.717, 1.165) is 70.3 Å². The largest absolute Gasteiger partial charge is 1.00 e. The monoisotopic (exact) mass is 1360 g/mol. The van der Waals surface area contributed by atoms with E-state index in [4.69, 9.17) is 33.3 Å². The number of carbonyl (C=O) groups excluding carboxylic acids is 1. The number of aromatic nitrogens is 4. The minimum atomic E-state index is -2.56. The molecule has 0 amide bonds. The molecule has 4 aromatic carbocycles. The first-order chi connectivity index (χ1) is 41.5. The van der Waals surface area contributed by atoms with Crippen LogP contribution in [-0.4, -0.2) is 174 Å². The maximum Gasteiger partial charge on any atom is 1.00 e. The van der Waals surface area contributed by atoms with Gasteiger partial charge in [-0.15, -0.1) is 0 Å². The van der Waals surface area contributed by atoms with Crippen molar-refractivity contribution in [3.63, 3.8) is 0 Å². The normalized spacial score (nSPS) is 16.2. The van der Waals surface area contributed by atoms with Crippen LogP contribution in [0.15, 0.2) is 97.3 Å². The summed E-state index contributed by atoms with van der Waals surface area (Å²) in [6, 6.07) is 24.3. The summed E-state index contributed by atoms with van der Waals surface area (Å²) in [6.07, 6.45) is 12.1. The number of rotatable bonds is 16. The molecule has 1 aliphatic carbocycles. The second kappa shape index (κ2) is 36.7. The first kappa shape index (κ1) is 76.1. The minimum absolute atomic E-state index is 0. The zero-order valence-corrected chi connectivity index (χ0v) is 61.2. The van der Waals surface area contributed by atoms with Crippen molar-refractivity contribution in [1.29, 1.82) is 0 Å². The Kier molecular flexibility index (Phi) is 31.4. The molecule has 0 atom stereocenters. The van der Waals surface area contributed by atoms with Crippen molar-refractivity contribution in [2.24, 2.45) is 0 Å². The van der Waals surface area contributed by atoms with E-state index in [9.17, 15) is 33.7 Å². The molecule has 5 heterocycles. The number of nitrogens with zero attached hydrogens (tertiary/aromatic N) is 11. The molecule has 0 radical (unpaired) electrons. The number of anilines is 9. The van der Waals surface area contributed by atoms with Crippen molar-refractivity contribution in [3.8, 4) is 0 Å². The molecule has 4 N–H and O–H groups in total. The molecular weight excluding hydrogens is 1280 g/mol. The van der Waals surface area contributed by atoms with E-state index < -0.39 is 30.7 Å². The Hall–Kier alpha value is -3.65. The third-order valence-electron chi connectivity index (χ3n) is 15.3. The molecular formula is C58H76Cl2FK2N15O9P2. The summed E-state index contributed by atoms with van der Waals surface area (Å²) in [7, 11) is -0.723. The van der Waals surface area contributed by atoms with E-state index in [-0.39, 0.29) is 155 Å². The van der Waals surface area contributed by atoms with Crippen LogP contribution in [0.3, 0.4) is 0 Å². The molecule has 4 aliphatic rings. The number of piperazine rings is 2. The van der Waals surface area contributed by atoms with Crippen molar-refractivity contribution in [2.75, 3.05) is 132 Å². The summed E-state index contributed by atoms with van der Waals surface area (Å²) in [6.45, 7) is 17.6. The fourth-order valence-corrected chi connectivity index (χ4v) is 13.3. The van der Waals surface area contributed by atoms with Crippen LogP contribution in [0.4, 0.5) is 67.7 Å². The summed E-state index contributed by atoms with van der Waals surface area (Å²) in [5, 5.41) is 45.3. The van der Waals surface area contributed by atoms with Gasteiger partial charge in [0.15, 0.2) is 11.6 Å². The van der Waals surface area contributed by atoms with Crippen LogP contribution in [0.1, 0.15) is 46.4 Å². The predicted octanol–water partition coefficient (Wildman–Crippen LogP) is 4.02. The zero-order chi connectivity index (χ0) is 62.8. The van der Waals surface area contributed by atoms with E-state index in [1.807, 2.05) is 24.3 Å². The molecule has 1 saturated carbocycles. The molecule has 24 nitrogen and oxygen atoms in total. The molecule has 470 valence electrons. The number of para-hydroxylation sites is 2. The molecule has 0 spiro atoms. The average molecular weight is 1360 g/mol. The topological polar surface area (TPSA) is 286 Å². The van der Waals surface area contributed by atoms with Crippen LogP contribution in [0.2, 0.25) is 10.0 Å². The number of nitro benzene ring substituents is 2. The summed E-state index contributed by atoms with van der Waals surface area (Å²) in [5.74, 6) is -0.0479. The quantitative estimate of drug-likeness (QED) is 0.0266. The Balaban J connectivity index is 0.000000306.